The Hall–Kier alpha value is -1.06. The number of hydrogen-bond acceptors (Lipinski definition) is 2. The molecule has 0 aromatic carbocycles. The van der Waals surface area contributed by atoms with Gasteiger partial charge in [0.25, 0.3) is 0 Å². The van der Waals surface area contributed by atoms with E-state index < -0.39 is 5.54 Å². The van der Waals surface area contributed by atoms with E-state index in [-0.39, 0.29) is 23.9 Å². The van der Waals surface area contributed by atoms with Crippen LogP contribution < -0.4 is 5.32 Å². The Morgan fingerprint density at radius 2 is 1.94 bits per heavy atom. The predicted molar refractivity (Wildman–Crippen MR) is 70.0 cm³/mol. The van der Waals surface area contributed by atoms with Crippen LogP contribution in [0.25, 0.3) is 0 Å². The Morgan fingerprint density at radius 3 is 2.44 bits per heavy atom. The predicted octanol–water partition coefficient (Wildman–Crippen LogP) is 1.83. The molecule has 0 radical (unpaired) electrons. The summed E-state index contributed by atoms with van der Waals surface area (Å²) in [6, 6.07) is -0.175. The van der Waals surface area contributed by atoms with Crippen LogP contribution in [0.15, 0.2) is 0 Å². The Bertz CT molecular complexity index is 346. The van der Waals surface area contributed by atoms with E-state index in [0.29, 0.717) is 0 Å². The van der Waals surface area contributed by atoms with E-state index in [4.69, 9.17) is 0 Å². The zero-order chi connectivity index (χ0) is 13.3. The summed E-state index contributed by atoms with van der Waals surface area (Å²) in [6.45, 7) is 6.06. The smallest absolute Gasteiger partial charge is 0.249 e. The molecule has 2 amide bonds. The van der Waals surface area contributed by atoms with Gasteiger partial charge in [0, 0.05) is 6.04 Å². The molecule has 2 aliphatic rings. The number of nitrogens with zero attached hydrogens (tertiary/aromatic N) is 1. The minimum atomic E-state index is -0.578. The molecule has 102 valence electrons. The summed E-state index contributed by atoms with van der Waals surface area (Å²) < 4.78 is 0. The summed E-state index contributed by atoms with van der Waals surface area (Å²) in [5.41, 5.74) is -0.578. The van der Waals surface area contributed by atoms with Crippen molar-refractivity contribution in [3.05, 3.63) is 0 Å². The molecule has 18 heavy (non-hydrogen) atoms. The molecular weight excluding hydrogens is 228 g/mol. The summed E-state index contributed by atoms with van der Waals surface area (Å²) in [5, 5.41) is 3.03. The normalized spacial score (nSPS) is 27.1. The second-order valence-corrected chi connectivity index (χ2v) is 5.89. The van der Waals surface area contributed by atoms with Crippen molar-refractivity contribution >= 4 is 11.8 Å². The minimum Gasteiger partial charge on any atom is -0.340 e. The average molecular weight is 252 g/mol. The summed E-state index contributed by atoms with van der Waals surface area (Å²) >= 11 is 0. The van der Waals surface area contributed by atoms with E-state index in [1.165, 1.54) is 0 Å². The average Bonchev–Trinajstić information content (AvgIpc) is 2.75. The summed E-state index contributed by atoms with van der Waals surface area (Å²) in [4.78, 5) is 26.9. The van der Waals surface area contributed by atoms with Crippen molar-refractivity contribution < 1.29 is 9.59 Å². The Labute approximate surface area is 109 Å². The first kappa shape index (κ1) is 13.4. The van der Waals surface area contributed by atoms with Crippen molar-refractivity contribution in [2.75, 3.05) is 0 Å². The third-order valence-corrected chi connectivity index (χ3v) is 4.22. The van der Waals surface area contributed by atoms with Gasteiger partial charge in [-0.1, -0.05) is 26.2 Å². The lowest BCUT2D eigenvalue weighted by Crippen LogP contribution is -2.70. The topological polar surface area (TPSA) is 49.4 Å². The van der Waals surface area contributed by atoms with Gasteiger partial charge in [0.05, 0.1) is 0 Å². The highest BCUT2D eigenvalue weighted by Crippen LogP contribution is 2.36. The van der Waals surface area contributed by atoms with Gasteiger partial charge in [0.1, 0.15) is 11.6 Å². The number of nitrogens with one attached hydrogen (secondary N) is 1. The van der Waals surface area contributed by atoms with Gasteiger partial charge in [-0.3, -0.25) is 9.59 Å². The fraction of sp³-hybridized carbons (Fsp3) is 0.857. The first-order valence-corrected chi connectivity index (χ1v) is 7.16. The lowest BCUT2D eigenvalue weighted by atomic mass is 9.88. The molecular formula is C14H24N2O2. The van der Waals surface area contributed by atoms with E-state index in [9.17, 15) is 9.59 Å². The van der Waals surface area contributed by atoms with Crippen LogP contribution in [0.3, 0.4) is 0 Å². The van der Waals surface area contributed by atoms with Gasteiger partial charge < -0.3 is 10.2 Å². The second-order valence-electron chi connectivity index (χ2n) is 5.89. The first-order valence-electron chi connectivity index (χ1n) is 7.16. The number of rotatable bonds is 3. The van der Waals surface area contributed by atoms with Crippen molar-refractivity contribution in [1.29, 1.82) is 0 Å². The highest BCUT2D eigenvalue weighted by Gasteiger charge is 2.52. The van der Waals surface area contributed by atoms with Crippen molar-refractivity contribution in [2.45, 2.75) is 76.9 Å². The third kappa shape index (κ3) is 2.02. The molecule has 1 saturated heterocycles. The van der Waals surface area contributed by atoms with Crippen LogP contribution in [0.4, 0.5) is 0 Å². The molecule has 1 saturated carbocycles. The quantitative estimate of drug-likeness (QED) is 0.833. The maximum absolute atomic E-state index is 12.7. The molecule has 4 nitrogen and oxygen atoms in total. The molecule has 1 aliphatic carbocycles. The Kier molecular flexibility index (Phi) is 3.64. The second kappa shape index (κ2) is 4.90. The van der Waals surface area contributed by atoms with Gasteiger partial charge in [0.15, 0.2) is 0 Å². The molecule has 1 heterocycles. The monoisotopic (exact) mass is 252 g/mol. The highest BCUT2D eigenvalue weighted by molar-refractivity contribution is 6.00. The van der Waals surface area contributed by atoms with Crippen molar-refractivity contribution in [3.63, 3.8) is 0 Å². The molecule has 2 rings (SSSR count). The van der Waals surface area contributed by atoms with Gasteiger partial charge in [-0.25, -0.2) is 0 Å². The molecule has 0 aromatic rings. The molecule has 0 aromatic heterocycles. The third-order valence-electron chi connectivity index (χ3n) is 4.22. The van der Waals surface area contributed by atoms with E-state index in [0.717, 1.165) is 38.5 Å². The van der Waals surface area contributed by atoms with E-state index >= 15 is 0 Å². The number of carbonyl (C=O) groups is 2. The summed E-state index contributed by atoms with van der Waals surface area (Å²) in [6.07, 6.45) is 5.36. The van der Waals surface area contributed by atoms with Crippen LogP contribution in [0, 0.1) is 0 Å². The van der Waals surface area contributed by atoms with Crippen LogP contribution in [0.5, 0.6) is 0 Å². The minimum absolute atomic E-state index is 0.0482. The van der Waals surface area contributed by atoms with Crippen molar-refractivity contribution in [1.82, 2.24) is 10.2 Å². The van der Waals surface area contributed by atoms with Gasteiger partial charge in [0.2, 0.25) is 11.8 Å². The van der Waals surface area contributed by atoms with Crippen LogP contribution in [0.1, 0.15) is 59.3 Å². The van der Waals surface area contributed by atoms with Gasteiger partial charge >= 0.3 is 0 Å². The Morgan fingerprint density at radius 1 is 1.33 bits per heavy atom. The zero-order valence-electron chi connectivity index (χ0n) is 11.7. The fourth-order valence-electron chi connectivity index (χ4n) is 3.34. The van der Waals surface area contributed by atoms with Gasteiger partial charge in [-0.05, 0) is 33.1 Å². The zero-order valence-corrected chi connectivity index (χ0v) is 11.7. The summed E-state index contributed by atoms with van der Waals surface area (Å²) in [7, 11) is 0. The van der Waals surface area contributed by atoms with Crippen LogP contribution in [-0.4, -0.2) is 34.3 Å². The van der Waals surface area contributed by atoms with E-state index in [2.05, 4.69) is 12.2 Å². The molecule has 0 bridgehead atoms. The fourth-order valence-corrected chi connectivity index (χ4v) is 3.34. The molecule has 1 spiro atoms. The Balaban J connectivity index is 2.29. The first-order chi connectivity index (χ1) is 8.52. The molecule has 2 fully saturated rings. The molecule has 1 N–H and O–H groups in total. The molecule has 1 aliphatic heterocycles. The van der Waals surface area contributed by atoms with Crippen LogP contribution >= 0.6 is 0 Å². The van der Waals surface area contributed by atoms with Crippen molar-refractivity contribution in [2.24, 2.45) is 0 Å². The van der Waals surface area contributed by atoms with Crippen LogP contribution in [-0.2, 0) is 9.59 Å². The SMILES string of the molecule is CCCC1C(=O)NC2(CCCC2)C(=O)N1C(C)C. The van der Waals surface area contributed by atoms with E-state index in [1.807, 2.05) is 18.7 Å². The maximum atomic E-state index is 12.7. The number of amides is 2. The highest BCUT2D eigenvalue weighted by atomic mass is 16.2. The lowest BCUT2D eigenvalue weighted by molar-refractivity contribution is -0.157. The number of piperazine rings is 1. The lowest BCUT2D eigenvalue weighted by Gasteiger charge is -2.46. The molecule has 4 heteroatoms. The molecule has 1 unspecified atom stereocenters. The number of hydrogen-bond donors (Lipinski definition) is 1. The summed E-state index contributed by atoms with van der Waals surface area (Å²) in [5.74, 6) is 0.195. The van der Waals surface area contributed by atoms with Gasteiger partial charge in [-0.2, -0.15) is 0 Å². The van der Waals surface area contributed by atoms with Gasteiger partial charge in [-0.15, -0.1) is 0 Å². The molecule has 1 atom stereocenters. The standard InChI is InChI=1S/C14H24N2O2/c1-4-7-11-12(17)15-14(8-5-6-9-14)13(18)16(11)10(2)3/h10-11H,4-9H2,1-3H3,(H,15,17). The van der Waals surface area contributed by atoms with E-state index in [1.54, 1.807) is 0 Å². The largest absolute Gasteiger partial charge is 0.340 e. The number of carbonyl (C=O) groups excluding carboxylic acids is 2. The maximum Gasteiger partial charge on any atom is 0.249 e. The van der Waals surface area contributed by atoms with Crippen LogP contribution in [0.2, 0.25) is 0 Å². The van der Waals surface area contributed by atoms with Crippen molar-refractivity contribution in [3.8, 4) is 0 Å².